The number of carbonyl (C=O) groups is 1. The SMILES string of the molecule is CCNC(=O)c1ccc(CNC(=NC)NCc2cc(C(C)C)no2)cc1. The van der Waals surface area contributed by atoms with Gasteiger partial charge in [-0.25, -0.2) is 0 Å². The number of rotatable bonds is 7. The van der Waals surface area contributed by atoms with Gasteiger partial charge in [0.1, 0.15) is 0 Å². The lowest BCUT2D eigenvalue weighted by atomic mass is 10.1. The highest BCUT2D eigenvalue weighted by Gasteiger charge is 2.08. The van der Waals surface area contributed by atoms with Crippen molar-refractivity contribution < 1.29 is 9.32 Å². The zero-order valence-corrected chi connectivity index (χ0v) is 15.8. The fourth-order valence-corrected chi connectivity index (χ4v) is 2.30. The molecule has 2 aromatic rings. The van der Waals surface area contributed by atoms with Crippen molar-refractivity contribution >= 4 is 11.9 Å². The molecule has 7 heteroatoms. The van der Waals surface area contributed by atoms with Crippen LogP contribution in [0.15, 0.2) is 39.8 Å². The fourth-order valence-electron chi connectivity index (χ4n) is 2.30. The number of hydrogen-bond donors (Lipinski definition) is 3. The van der Waals surface area contributed by atoms with Crippen molar-refractivity contribution in [3.05, 3.63) is 52.9 Å². The molecule has 0 atom stereocenters. The Bertz CT molecular complexity index is 735. The van der Waals surface area contributed by atoms with Gasteiger partial charge in [-0.2, -0.15) is 0 Å². The Balaban J connectivity index is 1.83. The second kappa shape index (κ2) is 9.60. The highest BCUT2D eigenvalue weighted by Crippen LogP contribution is 2.13. The van der Waals surface area contributed by atoms with Crippen molar-refractivity contribution in [1.82, 2.24) is 21.1 Å². The largest absolute Gasteiger partial charge is 0.359 e. The first-order chi connectivity index (χ1) is 12.5. The maximum absolute atomic E-state index is 11.8. The summed E-state index contributed by atoms with van der Waals surface area (Å²) in [5.74, 6) is 1.72. The molecule has 1 aromatic heterocycles. The molecule has 0 saturated heterocycles. The average Bonchev–Trinajstić information content (AvgIpc) is 3.12. The van der Waals surface area contributed by atoms with Crippen LogP contribution in [0.25, 0.3) is 0 Å². The molecule has 7 nitrogen and oxygen atoms in total. The first kappa shape index (κ1) is 19.5. The Kier molecular flexibility index (Phi) is 7.20. The molecule has 0 aliphatic heterocycles. The molecule has 0 radical (unpaired) electrons. The van der Waals surface area contributed by atoms with Gasteiger partial charge in [-0.3, -0.25) is 9.79 Å². The fraction of sp³-hybridized carbons (Fsp3) is 0.421. The Morgan fingerprint density at radius 2 is 1.85 bits per heavy atom. The first-order valence-electron chi connectivity index (χ1n) is 8.80. The van der Waals surface area contributed by atoms with Crippen molar-refractivity contribution in [1.29, 1.82) is 0 Å². The molecule has 0 fully saturated rings. The minimum atomic E-state index is -0.0580. The molecule has 0 aliphatic carbocycles. The summed E-state index contributed by atoms with van der Waals surface area (Å²) in [7, 11) is 1.72. The molecule has 1 aromatic carbocycles. The van der Waals surface area contributed by atoms with E-state index in [1.165, 1.54) is 0 Å². The molecule has 1 amide bonds. The summed E-state index contributed by atoms with van der Waals surface area (Å²) in [6.07, 6.45) is 0. The third-order valence-electron chi connectivity index (χ3n) is 3.84. The minimum absolute atomic E-state index is 0.0580. The summed E-state index contributed by atoms with van der Waals surface area (Å²) in [5.41, 5.74) is 2.66. The average molecular weight is 357 g/mol. The van der Waals surface area contributed by atoms with Crippen LogP contribution in [0, 0.1) is 0 Å². The van der Waals surface area contributed by atoms with Crippen LogP contribution in [0.4, 0.5) is 0 Å². The highest BCUT2D eigenvalue weighted by molar-refractivity contribution is 5.94. The van der Waals surface area contributed by atoms with E-state index in [9.17, 15) is 4.79 Å². The number of amides is 1. The standard InChI is InChI=1S/C19H27N5O2/c1-5-21-18(25)15-8-6-14(7-9-15)11-22-19(20-4)23-12-16-10-17(13(2)3)24-26-16/h6-10,13H,5,11-12H2,1-4H3,(H,21,25)(H2,20,22,23). The lowest BCUT2D eigenvalue weighted by Crippen LogP contribution is -2.36. The van der Waals surface area contributed by atoms with Crippen LogP contribution in [0.1, 0.15) is 54.1 Å². The van der Waals surface area contributed by atoms with Gasteiger partial charge in [0, 0.05) is 31.8 Å². The number of guanidine groups is 1. The van der Waals surface area contributed by atoms with Gasteiger partial charge in [-0.1, -0.05) is 31.1 Å². The number of nitrogens with one attached hydrogen (secondary N) is 3. The second-order valence-corrected chi connectivity index (χ2v) is 6.21. The lowest BCUT2D eigenvalue weighted by molar-refractivity contribution is 0.0956. The second-order valence-electron chi connectivity index (χ2n) is 6.21. The molecule has 2 rings (SSSR count). The van der Waals surface area contributed by atoms with E-state index in [1.807, 2.05) is 37.3 Å². The topological polar surface area (TPSA) is 91.5 Å². The smallest absolute Gasteiger partial charge is 0.251 e. The summed E-state index contributed by atoms with van der Waals surface area (Å²) in [6.45, 7) is 7.78. The molecule has 0 bridgehead atoms. The van der Waals surface area contributed by atoms with Crippen LogP contribution in [0.5, 0.6) is 0 Å². The van der Waals surface area contributed by atoms with Crippen molar-refractivity contribution in [3.8, 4) is 0 Å². The normalized spacial score (nSPS) is 11.5. The van der Waals surface area contributed by atoms with Gasteiger partial charge in [0.15, 0.2) is 11.7 Å². The number of carbonyl (C=O) groups excluding carboxylic acids is 1. The Labute approximate surface area is 154 Å². The van der Waals surface area contributed by atoms with Gasteiger partial charge in [0.2, 0.25) is 0 Å². The number of aromatic nitrogens is 1. The van der Waals surface area contributed by atoms with Gasteiger partial charge >= 0.3 is 0 Å². The van der Waals surface area contributed by atoms with Gasteiger partial charge in [-0.05, 0) is 30.5 Å². The third-order valence-corrected chi connectivity index (χ3v) is 3.84. The Morgan fingerprint density at radius 1 is 1.15 bits per heavy atom. The maximum atomic E-state index is 11.8. The molecular formula is C19H27N5O2. The highest BCUT2D eigenvalue weighted by atomic mass is 16.5. The van der Waals surface area contributed by atoms with E-state index in [2.05, 4.69) is 39.9 Å². The zero-order valence-electron chi connectivity index (χ0n) is 15.8. The molecule has 3 N–H and O–H groups in total. The van der Waals surface area contributed by atoms with Gasteiger partial charge in [-0.15, -0.1) is 0 Å². The van der Waals surface area contributed by atoms with E-state index in [1.54, 1.807) is 7.05 Å². The predicted octanol–water partition coefficient (Wildman–Crippen LogP) is 2.41. The van der Waals surface area contributed by atoms with Crippen LogP contribution < -0.4 is 16.0 Å². The summed E-state index contributed by atoms with van der Waals surface area (Å²) >= 11 is 0. The van der Waals surface area contributed by atoms with Crippen LogP contribution >= 0.6 is 0 Å². The van der Waals surface area contributed by atoms with Crippen LogP contribution in [0.2, 0.25) is 0 Å². The minimum Gasteiger partial charge on any atom is -0.359 e. The molecular weight excluding hydrogens is 330 g/mol. The van der Waals surface area contributed by atoms with Crippen LogP contribution in [-0.2, 0) is 13.1 Å². The zero-order chi connectivity index (χ0) is 18.9. The van der Waals surface area contributed by atoms with E-state index >= 15 is 0 Å². The molecule has 0 spiro atoms. The molecule has 26 heavy (non-hydrogen) atoms. The van der Waals surface area contributed by atoms with Crippen molar-refractivity contribution in [2.45, 2.75) is 39.8 Å². The molecule has 0 unspecified atom stereocenters. The number of nitrogens with zero attached hydrogens (tertiary/aromatic N) is 2. The number of benzene rings is 1. The van der Waals surface area contributed by atoms with Crippen LogP contribution in [-0.4, -0.2) is 30.6 Å². The molecule has 1 heterocycles. The van der Waals surface area contributed by atoms with Gasteiger partial charge < -0.3 is 20.5 Å². The Morgan fingerprint density at radius 3 is 2.42 bits per heavy atom. The first-order valence-corrected chi connectivity index (χ1v) is 8.80. The molecule has 140 valence electrons. The van der Waals surface area contributed by atoms with Crippen molar-refractivity contribution in [2.24, 2.45) is 4.99 Å². The predicted molar refractivity (Wildman–Crippen MR) is 102 cm³/mol. The van der Waals surface area contributed by atoms with E-state index < -0.39 is 0 Å². The van der Waals surface area contributed by atoms with Gasteiger partial charge in [0.25, 0.3) is 5.91 Å². The summed E-state index contributed by atoms with van der Waals surface area (Å²) in [5, 5.41) is 13.3. The molecule has 0 aliphatic rings. The van der Waals surface area contributed by atoms with E-state index in [0.29, 0.717) is 37.1 Å². The van der Waals surface area contributed by atoms with Crippen LogP contribution in [0.3, 0.4) is 0 Å². The Hall–Kier alpha value is -2.83. The number of aliphatic imine (C=N–C) groups is 1. The van der Waals surface area contributed by atoms with Crippen molar-refractivity contribution in [2.75, 3.05) is 13.6 Å². The monoisotopic (exact) mass is 357 g/mol. The summed E-state index contributed by atoms with van der Waals surface area (Å²) in [4.78, 5) is 16.0. The summed E-state index contributed by atoms with van der Waals surface area (Å²) in [6, 6.07) is 9.44. The quantitative estimate of drug-likeness (QED) is 0.523. The molecule has 0 saturated carbocycles. The van der Waals surface area contributed by atoms with Gasteiger partial charge in [0.05, 0.1) is 12.2 Å². The maximum Gasteiger partial charge on any atom is 0.251 e. The van der Waals surface area contributed by atoms with E-state index in [0.717, 1.165) is 17.0 Å². The summed E-state index contributed by atoms with van der Waals surface area (Å²) < 4.78 is 5.31. The van der Waals surface area contributed by atoms with Crippen molar-refractivity contribution in [3.63, 3.8) is 0 Å². The van der Waals surface area contributed by atoms with E-state index in [4.69, 9.17) is 4.52 Å². The third kappa shape index (κ3) is 5.61. The lowest BCUT2D eigenvalue weighted by Gasteiger charge is -2.11. The van der Waals surface area contributed by atoms with E-state index in [-0.39, 0.29) is 5.91 Å². The number of hydrogen-bond acceptors (Lipinski definition) is 4.